The van der Waals surface area contributed by atoms with Crippen molar-refractivity contribution in [3.8, 4) is 0 Å². The fourth-order valence-electron chi connectivity index (χ4n) is 3.07. The Morgan fingerprint density at radius 1 is 0.960 bits per heavy atom. The van der Waals surface area contributed by atoms with Gasteiger partial charge in [-0.05, 0) is 77.6 Å². The monoisotopic (exact) mass is 352 g/mol. The summed E-state index contributed by atoms with van der Waals surface area (Å²) in [5, 5.41) is 0. The molecule has 0 unspecified atom stereocenters. The van der Waals surface area contributed by atoms with Crippen LogP contribution in [0.25, 0.3) is 6.08 Å². The summed E-state index contributed by atoms with van der Waals surface area (Å²) in [4.78, 5) is 13.7. The van der Waals surface area contributed by atoms with E-state index < -0.39 is 0 Å². The molecule has 25 heavy (non-hydrogen) atoms. The highest BCUT2D eigenvalue weighted by molar-refractivity contribution is 7.99. The number of aryl methyl sites for hydroxylation is 2. The Balaban J connectivity index is 2.26. The quantitative estimate of drug-likeness (QED) is 0.311. The van der Waals surface area contributed by atoms with Gasteiger partial charge < -0.3 is 0 Å². The average Bonchev–Trinajstić information content (AvgIpc) is 2.65. The van der Waals surface area contributed by atoms with Crippen LogP contribution in [0, 0.1) is 0 Å². The van der Waals surface area contributed by atoms with Crippen molar-refractivity contribution in [1.29, 1.82) is 0 Å². The molecule has 0 N–H and O–H groups in total. The predicted octanol–water partition coefficient (Wildman–Crippen LogP) is 6.38. The fourth-order valence-corrected chi connectivity index (χ4v) is 3.73. The van der Waals surface area contributed by atoms with Crippen LogP contribution in [0.2, 0.25) is 0 Å². The van der Waals surface area contributed by atoms with E-state index in [0.717, 1.165) is 30.6 Å². The summed E-state index contributed by atoms with van der Waals surface area (Å²) in [7, 11) is 0. The molecule has 2 aromatic carbocycles. The summed E-state index contributed by atoms with van der Waals surface area (Å²) >= 11 is 1.79. The average molecular weight is 353 g/mol. The number of allylic oxidation sites excluding steroid dienone is 1. The first-order chi connectivity index (χ1) is 12.1. The molecule has 0 spiro atoms. The van der Waals surface area contributed by atoms with E-state index in [1.54, 1.807) is 17.8 Å². The van der Waals surface area contributed by atoms with E-state index in [1.807, 2.05) is 30.3 Å². The lowest BCUT2D eigenvalue weighted by molar-refractivity contribution is 0.104. The van der Waals surface area contributed by atoms with Gasteiger partial charge in [0.1, 0.15) is 0 Å². The number of thioether (sulfide) groups is 1. The standard InChI is InChI=1S/C23H28OS/c1-5-17-15-18(6-2)22(7-3)20(16-17)11-14-23(24)19-9-12-21(13-10-19)25-8-4/h9-16H,5-8H2,1-4H3. The van der Waals surface area contributed by atoms with Crippen LogP contribution in [-0.4, -0.2) is 11.5 Å². The van der Waals surface area contributed by atoms with E-state index in [1.165, 1.54) is 27.1 Å². The zero-order valence-electron chi connectivity index (χ0n) is 15.8. The van der Waals surface area contributed by atoms with Crippen molar-refractivity contribution in [2.24, 2.45) is 0 Å². The van der Waals surface area contributed by atoms with Gasteiger partial charge in [0.25, 0.3) is 0 Å². The van der Waals surface area contributed by atoms with Gasteiger partial charge in [-0.2, -0.15) is 0 Å². The van der Waals surface area contributed by atoms with Gasteiger partial charge in [0.2, 0.25) is 0 Å². The highest BCUT2D eigenvalue weighted by Gasteiger charge is 2.07. The van der Waals surface area contributed by atoms with Gasteiger partial charge in [-0.1, -0.05) is 45.9 Å². The minimum absolute atomic E-state index is 0.0649. The van der Waals surface area contributed by atoms with Crippen molar-refractivity contribution in [3.63, 3.8) is 0 Å². The first kappa shape index (κ1) is 19.5. The molecule has 0 saturated carbocycles. The first-order valence-corrected chi connectivity index (χ1v) is 10.2. The molecule has 0 aromatic heterocycles. The summed E-state index contributed by atoms with van der Waals surface area (Å²) in [6.45, 7) is 8.69. The Kier molecular flexibility index (Phi) is 7.52. The largest absolute Gasteiger partial charge is 0.289 e. The summed E-state index contributed by atoms with van der Waals surface area (Å²) in [6.07, 6.45) is 6.75. The highest BCUT2D eigenvalue weighted by atomic mass is 32.2. The lowest BCUT2D eigenvalue weighted by Gasteiger charge is -2.12. The van der Waals surface area contributed by atoms with Crippen LogP contribution in [0.15, 0.2) is 47.4 Å². The zero-order chi connectivity index (χ0) is 18.2. The molecule has 0 radical (unpaired) electrons. The van der Waals surface area contributed by atoms with Gasteiger partial charge in [-0.3, -0.25) is 4.79 Å². The van der Waals surface area contributed by atoms with E-state index in [4.69, 9.17) is 0 Å². The molecule has 0 aliphatic rings. The Morgan fingerprint density at radius 2 is 1.68 bits per heavy atom. The Hall–Kier alpha value is -1.80. The third-order valence-corrected chi connectivity index (χ3v) is 5.34. The molecule has 0 aliphatic heterocycles. The van der Waals surface area contributed by atoms with Crippen molar-refractivity contribution in [3.05, 3.63) is 70.3 Å². The van der Waals surface area contributed by atoms with Crippen LogP contribution in [0.3, 0.4) is 0 Å². The van der Waals surface area contributed by atoms with Crippen LogP contribution >= 0.6 is 11.8 Å². The molecule has 0 aliphatic carbocycles. The number of rotatable bonds is 8. The van der Waals surface area contributed by atoms with Gasteiger partial charge in [0, 0.05) is 10.5 Å². The van der Waals surface area contributed by atoms with Crippen molar-refractivity contribution in [2.75, 3.05) is 5.75 Å². The lowest BCUT2D eigenvalue weighted by atomic mass is 9.93. The lowest BCUT2D eigenvalue weighted by Crippen LogP contribution is -1.99. The topological polar surface area (TPSA) is 17.1 Å². The second-order valence-corrected chi connectivity index (χ2v) is 7.38. The molecular weight excluding hydrogens is 324 g/mol. The number of carbonyl (C=O) groups excluding carboxylic acids is 1. The molecule has 132 valence electrons. The van der Waals surface area contributed by atoms with Crippen LogP contribution in [0.4, 0.5) is 0 Å². The molecule has 0 atom stereocenters. The van der Waals surface area contributed by atoms with E-state index in [0.29, 0.717) is 0 Å². The molecule has 0 amide bonds. The Bertz CT molecular complexity index is 741. The maximum atomic E-state index is 12.5. The molecular formula is C23H28OS. The fraction of sp³-hybridized carbons (Fsp3) is 0.348. The molecule has 0 heterocycles. The number of hydrogen-bond donors (Lipinski definition) is 0. The van der Waals surface area contributed by atoms with Gasteiger partial charge in [0.15, 0.2) is 5.78 Å². The first-order valence-electron chi connectivity index (χ1n) is 9.22. The Morgan fingerprint density at radius 3 is 2.24 bits per heavy atom. The van der Waals surface area contributed by atoms with E-state index in [2.05, 4.69) is 39.8 Å². The second kappa shape index (κ2) is 9.62. The van der Waals surface area contributed by atoms with E-state index in [9.17, 15) is 4.79 Å². The van der Waals surface area contributed by atoms with Gasteiger partial charge in [-0.15, -0.1) is 11.8 Å². The summed E-state index contributed by atoms with van der Waals surface area (Å²) in [5.41, 5.74) is 6.03. The van der Waals surface area contributed by atoms with Crippen LogP contribution in [0.5, 0.6) is 0 Å². The van der Waals surface area contributed by atoms with E-state index in [-0.39, 0.29) is 5.78 Å². The van der Waals surface area contributed by atoms with Crippen LogP contribution < -0.4 is 0 Å². The molecule has 2 heteroatoms. The van der Waals surface area contributed by atoms with Crippen LogP contribution in [0.1, 0.15) is 60.3 Å². The Labute approximate surface area is 156 Å². The number of benzene rings is 2. The van der Waals surface area contributed by atoms with E-state index >= 15 is 0 Å². The maximum absolute atomic E-state index is 12.5. The van der Waals surface area contributed by atoms with Crippen molar-refractivity contribution < 1.29 is 4.79 Å². The maximum Gasteiger partial charge on any atom is 0.185 e. The summed E-state index contributed by atoms with van der Waals surface area (Å²) in [6, 6.07) is 12.4. The normalized spacial score (nSPS) is 11.2. The van der Waals surface area contributed by atoms with Gasteiger partial charge in [0.05, 0.1) is 0 Å². The molecule has 2 rings (SSSR count). The van der Waals surface area contributed by atoms with Crippen molar-refractivity contribution >= 4 is 23.6 Å². The molecule has 0 saturated heterocycles. The molecule has 1 nitrogen and oxygen atoms in total. The van der Waals surface area contributed by atoms with Gasteiger partial charge in [-0.25, -0.2) is 0 Å². The van der Waals surface area contributed by atoms with Crippen molar-refractivity contribution in [2.45, 2.75) is 51.9 Å². The summed E-state index contributed by atoms with van der Waals surface area (Å²) in [5.74, 6) is 1.11. The number of hydrogen-bond acceptors (Lipinski definition) is 2. The third kappa shape index (κ3) is 5.09. The SMILES string of the molecule is CCSc1ccc(C(=O)C=Cc2cc(CC)cc(CC)c2CC)cc1. The predicted molar refractivity (Wildman–Crippen MR) is 111 cm³/mol. The molecule has 0 bridgehead atoms. The van der Waals surface area contributed by atoms with Crippen molar-refractivity contribution in [1.82, 2.24) is 0 Å². The number of carbonyl (C=O) groups is 1. The highest BCUT2D eigenvalue weighted by Crippen LogP contribution is 2.22. The number of ketones is 1. The third-order valence-electron chi connectivity index (χ3n) is 4.44. The zero-order valence-corrected chi connectivity index (χ0v) is 16.6. The van der Waals surface area contributed by atoms with Gasteiger partial charge >= 0.3 is 0 Å². The second-order valence-electron chi connectivity index (χ2n) is 6.04. The minimum Gasteiger partial charge on any atom is -0.289 e. The van der Waals surface area contributed by atoms with Crippen LogP contribution in [-0.2, 0) is 19.3 Å². The molecule has 0 fully saturated rings. The minimum atomic E-state index is 0.0649. The molecule has 2 aromatic rings. The smallest absolute Gasteiger partial charge is 0.185 e. The summed E-state index contributed by atoms with van der Waals surface area (Å²) < 4.78 is 0.